The molecule has 1 aliphatic rings. The minimum absolute atomic E-state index is 0.0595. The van der Waals surface area contributed by atoms with E-state index in [4.69, 9.17) is 4.74 Å². The van der Waals surface area contributed by atoms with Crippen LogP contribution in [0.4, 0.5) is 5.13 Å². The van der Waals surface area contributed by atoms with Gasteiger partial charge in [0.05, 0.1) is 22.9 Å². The number of amides is 1. The van der Waals surface area contributed by atoms with Gasteiger partial charge >= 0.3 is 0 Å². The van der Waals surface area contributed by atoms with Crippen LogP contribution in [0.1, 0.15) is 30.3 Å². The molecule has 1 amide bonds. The number of fused-ring (bicyclic) bond motifs is 1. The van der Waals surface area contributed by atoms with Crippen LogP contribution in [0.5, 0.6) is 0 Å². The van der Waals surface area contributed by atoms with Crippen molar-refractivity contribution in [2.75, 3.05) is 18.1 Å². The number of carbonyl (C=O) groups excluding carboxylic acids is 1. The smallest absolute Gasteiger partial charge is 0.280 e. The van der Waals surface area contributed by atoms with Gasteiger partial charge in [-0.05, 0) is 38.0 Å². The van der Waals surface area contributed by atoms with E-state index in [0.717, 1.165) is 36.2 Å². The van der Waals surface area contributed by atoms with Crippen LogP contribution in [-0.2, 0) is 11.3 Å². The van der Waals surface area contributed by atoms with Crippen LogP contribution in [0, 0.1) is 0 Å². The van der Waals surface area contributed by atoms with Gasteiger partial charge in [-0.3, -0.25) is 14.4 Å². The third-order valence-corrected chi connectivity index (χ3v) is 5.41. The molecule has 1 aromatic carbocycles. The fourth-order valence-electron chi connectivity index (χ4n) is 3.01. The fourth-order valence-corrected chi connectivity index (χ4v) is 3.98. The molecule has 0 radical (unpaired) electrons. The van der Waals surface area contributed by atoms with Crippen LogP contribution in [0.3, 0.4) is 0 Å². The molecule has 4 rings (SSSR count). The highest BCUT2D eigenvalue weighted by atomic mass is 32.1. The Hall–Kier alpha value is -2.25. The summed E-state index contributed by atoms with van der Waals surface area (Å²) in [5.74, 6) is -0.123. The van der Waals surface area contributed by atoms with Crippen molar-refractivity contribution in [3.8, 4) is 0 Å². The summed E-state index contributed by atoms with van der Waals surface area (Å²) in [4.78, 5) is 19.5. The van der Waals surface area contributed by atoms with E-state index in [0.29, 0.717) is 17.4 Å². The number of rotatable bonds is 5. The highest BCUT2D eigenvalue weighted by molar-refractivity contribution is 7.22. The van der Waals surface area contributed by atoms with Crippen molar-refractivity contribution >= 4 is 32.6 Å². The molecule has 0 saturated carbocycles. The predicted molar refractivity (Wildman–Crippen MR) is 98.2 cm³/mol. The molecule has 130 valence electrons. The number of hydrogen-bond donors (Lipinski definition) is 0. The van der Waals surface area contributed by atoms with Crippen molar-refractivity contribution in [3.63, 3.8) is 0 Å². The third kappa shape index (κ3) is 3.29. The van der Waals surface area contributed by atoms with Gasteiger partial charge < -0.3 is 4.74 Å². The first-order valence-corrected chi connectivity index (χ1v) is 9.38. The van der Waals surface area contributed by atoms with E-state index >= 15 is 0 Å². The zero-order valence-corrected chi connectivity index (χ0v) is 14.9. The summed E-state index contributed by atoms with van der Waals surface area (Å²) in [6, 6.07) is 9.70. The topological polar surface area (TPSA) is 60.2 Å². The Kier molecular flexibility index (Phi) is 4.50. The van der Waals surface area contributed by atoms with Crippen molar-refractivity contribution in [2.24, 2.45) is 0 Å². The number of thiazole rings is 1. The van der Waals surface area contributed by atoms with Gasteiger partial charge in [0.15, 0.2) is 10.8 Å². The Balaban J connectivity index is 1.68. The highest BCUT2D eigenvalue weighted by Crippen LogP contribution is 2.30. The normalized spacial score (nSPS) is 17.2. The van der Waals surface area contributed by atoms with Gasteiger partial charge in [0.25, 0.3) is 5.91 Å². The number of aryl methyl sites for hydroxylation is 1. The van der Waals surface area contributed by atoms with Crippen molar-refractivity contribution in [1.29, 1.82) is 0 Å². The first-order valence-electron chi connectivity index (χ1n) is 8.57. The lowest BCUT2D eigenvalue weighted by Crippen LogP contribution is -2.37. The van der Waals surface area contributed by atoms with Gasteiger partial charge in [-0.1, -0.05) is 23.5 Å². The van der Waals surface area contributed by atoms with Crippen LogP contribution >= 0.6 is 11.3 Å². The number of carbonyl (C=O) groups is 1. The molecule has 0 N–H and O–H groups in total. The number of para-hydroxylation sites is 1. The molecule has 0 aliphatic carbocycles. The van der Waals surface area contributed by atoms with Gasteiger partial charge in [-0.2, -0.15) is 5.10 Å². The summed E-state index contributed by atoms with van der Waals surface area (Å²) in [7, 11) is 0. The number of nitrogens with zero attached hydrogens (tertiary/aromatic N) is 4. The van der Waals surface area contributed by atoms with E-state index in [1.807, 2.05) is 37.4 Å². The summed E-state index contributed by atoms with van der Waals surface area (Å²) in [5.41, 5.74) is 1.35. The summed E-state index contributed by atoms with van der Waals surface area (Å²) in [6.07, 6.45) is 3.90. The molecule has 1 unspecified atom stereocenters. The molecule has 2 aromatic heterocycles. The minimum atomic E-state index is -0.123. The quantitative estimate of drug-likeness (QED) is 0.703. The largest absolute Gasteiger partial charge is 0.376 e. The van der Waals surface area contributed by atoms with Crippen LogP contribution in [0.2, 0.25) is 0 Å². The van der Waals surface area contributed by atoms with Gasteiger partial charge in [-0.25, -0.2) is 4.98 Å². The lowest BCUT2D eigenvalue weighted by Gasteiger charge is -2.22. The van der Waals surface area contributed by atoms with E-state index in [1.165, 1.54) is 11.3 Å². The van der Waals surface area contributed by atoms with Crippen LogP contribution in [0.15, 0.2) is 36.5 Å². The molecular weight excluding hydrogens is 336 g/mol. The van der Waals surface area contributed by atoms with E-state index in [9.17, 15) is 4.79 Å². The van der Waals surface area contributed by atoms with E-state index < -0.39 is 0 Å². The van der Waals surface area contributed by atoms with Crippen molar-refractivity contribution in [2.45, 2.75) is 32.4 Å². The second-order valence-electron chi connectivity index (χ2n) is 6.07. The first kappa shape index (κ1) is 16.2. The van der Waals surface area contributed by atoms with Crippen molar-refractivity contribution < 1.29 is 9.53 Å². The molecule has 7 heteroatoms. The fraction of sp³-hybridized carbons (Fsp3) is 0.389. The number of aromatic nitrogens is 3. The zero-order chi connectivity index (χ0) is 17.2. The van der Waals surface area contributed by atoms with E-state index in [1.54, 1.807) is 15.6 Å². The molecule has 1 aliphatic heterocycles. The Labute approximate surface area is 150 Å². The van der Waals surface area contributed by atoms with E-state index in [2.05, 4.69) is 10.1 Å². The Bertz CT molecular complexity index is 849. The molecule has 3 heterocycles. The maximum atomic E-state index is 13.1. The SMILES string of the molecule is CCn1ccc(C(=O)N(CC2CCCO2)c2nc3ccccc3s2)n1. The maximum absolute atomic E-state index is 13.1. The minimum Gasteiger partial charge on any atom is -0.376 e. The first-order chi connectivity index (χ1) is 12.2. The van der Waals surface area contributed by atoms with E-state index in [-0.39, 0.29) is 12.0 Å². The van der Waals surface area contributed by atoms with Crippen molar-refractivity contribution in [3.05, 3.63) is 42.2 Å². The molecule has 25 heavy (non-hydrogen) atoms. The number of hydrogen-bond acceptors (Lipinski definition) is 5. The Morgan fingerprint density at radius 1 is 1.40 bits per heavy atom. The van der Waals surface area contributed by atoms with Crippen LogP contribution in [0.25, 0.3) is 10.2 Å². The Morgan fingerprint density at radius 2 is 2.28 bits per heavy atom. The molecule has 0 bridgehead atoms. The van der Waals surface area contributed by atoms with Gasteiger partial charge in [0, 0.05) is 19.3 Å². The molecule has 6 nitrogen and oxygen atoms in total. The molecule has 1 atom stereocenters. The monoisotopic (exact) mass is 356 g/mol. The van der Waals surface area contributed by atoms with Crippen LogP contribution in [-0.4, -0.2) is 39.9 Å². The standard InChI is InChI=1S/C18H20N4O2S/c1-2-21-10-9-15(20-21)17(23)22(12-13-6-5-11-24-13)18-19-14-7-3-4-8-16(14)25-18/h3-4,7-10,13H,2,5-6,11-12H2,1H3. The van der Waals surface area contributed by atoms with Crippen LogP contribution < -0.4 is 4.90 Å². The van der Waals surface area contributed by atoms with Gasteiger partial charge in [-0.15, -0.1) is 0 Å². The summed E-state index contributed by atoms with van der Waals surface area (Å²) in [5, 5.41) is 5.07. The predicted octanol–water partition coefficient (Wildman–Crippen LogP) is 3.34. The molecule has 0 spiro atoms. The lowest BCUT2D eigenvalue weighted by molar-refractivity contribution is 0.0912. The van der Waals surface area contributed by atoms with Crippen molar-refractivity contribution in [1.82, 2.24) is 14.8 Å². The molecular formula is C18H20N4O2S. The van der Waals surface area contributed by atoms with Gasteiger partial charge in [0.2, 0.25) is 0 Å². The molecule has 1 saturated heterocycles. The summed E-state index contributed by atoms with van der Waals surface area (Å²) >= 11 is 1.53. The third-order valence-electron chi connectivity index (χ3n) is 4.35. The second-order valence-corrected chi connectivity index (χ2v) is 7.08. The summed E-state index contributed by atoms with van der Waals surface area (Å²) in [6.45, 7) is 4.01. The molecule has 3 aromatic rings. The molecule has 1 fully saturated rings. The Morgan fingerprint density at radius 3 is 3.00 bits per heavy atom. The maximum Gasteiger partial charge on any atom is 0.280 e. The zero-order valence-electron chi connectivity index (χ0n) is 14.1. The number of anilines is 1. The number of ether oxygens (including phenoxy) is 1. The summed E-state index contributed by atoms with van der Waals surface area (Å²) < 4.78 is 8.58. The average Bonchev–Trinajstić information content (AvgIpc) is 3.38. The highest BCUT2D eigenvalue weighted by Gasteiger charge is 2.28. The average molecular weight is 356 g/mol. The second kappa shape index (κ2) is 6.93. The number of benzene rings is 1. The van der Waals surface area contributed by atoms with Gasteiger partial charge in [0.1, 0.15) is 0 Å². The lowest BCUT2D eigenvalue weighted by atomic mass is 10.2.